The van der Waals surface area contributed by atoms with Crippen molar-refractivity contribution in [2.24, 2.45) is 5.73 Å². The molecular formula is C18H32N6O2. The highest BCUT2D eigenvalue weighted by Crippen LogP contribution is 2.20. The SMILES string of the molecule is CN[C@@]1(C)CCCCn2nncc2CCC[C@@](C)(C(=O)CN)NCC1=O. The lowest BCUT2D eigenvalue weighted by atomic mass is 9.86. The molecule has 0 aromatic carbocycles. The summed E-state index contributed by atoms with van der Waals surface area (Å²) < 4.78 is 1.93. The summed E-state index contributed by atoms with van der Waals surface area (Å²) in [6, 6.07) is 0. The first kappa shape index (κ1) is 20.7. The van der Waals surface area contributed by atoms with E-state index in [0.717, 1.165) is 44.3 Å². The lowest BCUT2D eigenvalue weighted by molar-refractivity contribution is -0.126. The van der Waals surface area contributed by atoms with Gasteiger partial charge in [0.15, 0.2) is 11.6 Å². The van der Waals surface area contributed by atoms with Gasteiger partial charge in [-0.3, -0.25) is 14.9 Å². The second-order valence-electron chi connectivity index (χ2n) is 7.58. The van der Waals surface area contributed by atoms with E-state index in [1.54, 1.807) is 13.2 Å². The number of nitrogens with one attached hydrogen (secondary N) is 2. The highest BCUT2D eigenvalue weighted by molar-refractivity contribution is 5.92. The Labute approximate surface area is 155 Å². The van der Waals surface area contributed by atoms with Crippen LogP contribution in [0, 0.1) is 0 Å². The van der Waals surface area contributed by atoms with E-state index in [9.17, 15) is 9.59 Å². The summed E-state index contributed by atoms with van der Waals surface area (Å²) in [5.41, 5.74) is 5.27. The molecule has 0 saturated heterocycles. The van der Waals surface area contributed by atoms with Crippen LogP contribution in [-0.4, -0.2) is 57.8 Å². The molecule has 0 spiro atoms. The first-order valence-electron chi connectivity index (χ1n) is 9.42. The van der Waals surface area contributed by atoms with Crippen molar-refractivity contribution in [1.29, 1.82) is 0 Å². The Morgan fingerprint density at radius 2 is 2.12 bits per heavy atom. The largest absolute Gasteiger partial charge is 0.324 e. The minimum Gasteiger partial charge on any atom is -0.324 e. The molecule has 1 aromatic heterocycles. The van der Waals surface area contributed by atoms with Gasteiger partial charge in [0, 0.05) is 6.54 Å². The lowest BCUT2D eigenvalue weighted by Crippen LogP contribution is -2.58. The molecule has 4 N–H and O–H groups in total. The van der Waals surface area contributed by atoms with Crippen LogP contribution in [0.4, 0.5) is 0 Å². The maximum Gasteiger partial charge on any atom is 0.166 e. The number of hydrogen-bond donors (Lipinski definition) is 3. The molecule has 8 heteroatoms. The summed E-state index contributed by atoms with van der Waals surface area (Å²) >= 11 is 0. The molecule has 26 heavy (non-hydrogen) atoms. The van der Waals surface area contributed by atoms with Crippen molar-refractivity contribution in [2.75, 3.05) is 20.1 Å². The van der Waals surface area contributed by atoms with E-state index in [2.05, 4.69) is 20.9 Å². The van der Waals surface area contributed by atoms with Crippen molar-refractivity contribution in [3.63, 3.8) is 0 Å². The molecule has 0 fully saturated rings. The number of likely N-dealkylation sites (N-methyl/N-ethyl adjacent to an activating group) is 1. The normalized spacial score (nSPS) is 29.0. The Hall–Kier alpha value is -1.64. The zero-order valence-electron chi connectivity index (χ0n) is 16.2. The Bertz CT molecular complexity index is 631. The highest BCUT2D eigenvalue weighted by Gasteiger charge is 2.35. The Kier molecular flexibility index (Phi) is 7.02. The number of carbonyl (C=O) groups is 2. The molecule has 2 heterocycles. The zero-order chi connectivity index (χ0) is 19.2. The lowest BCUT2D eigenvalue weighted by Gasteiger charge is -2.33. The molecule has 2 atom stereocenters. The summed E-state index contributed by atoms with van der Waals surface area (Å²) in [5, 5.41) is 14.5. The van der Waals surface area contributed by atoms with Crippen LogP contribution in [0.15, 0.2) is 6.20 Å². The molecule has 1 aromatic rings. The summed E-state index contributed by atoms with van der Waals surface area (Å²) in [4.78, 5) is 25.2. The van der Waals surface area contributed by atoms with Gasteiger partial charge in [-0.2, -0.15) is 0 Å². The molecule has 0 saturated carbocycles. The zero-order valence-corrected chi connectivity index (χ0v) is 16.2. The molecule has 2 rings (SSSR count). The van der Waals surface area contributed by atoms with Crippen molar-refractivity contribution >= 4 is 11.6 Å². The van der Waals surface area contributed by atoms with Gasteiger partial charge in [0.2, 0.25) is 0 Å². The molecule has 0 radical (unpaired) electrons. The maximum absolute atomic E-state index is 12.8. The Morgan fingerprint density at radius 3 is 2.81 bits per heavy atom. The predicted molar refractivity (Wildman–Crippen MR) is 99.8 cm³/mol. The molecule has 0 unspecified atom stereocenters. The third-order valence-electron chi connectivity index (χ3n) is 5.71. The molecule has 1 aliphatic heterocycles. The van der Waals surface area contributed by atoms with Crippen molar-refractivity contribution in [3.05, 3.63) is 11.9 Å². The smallest absolute Gasteiger partial charge is 0.166 e. The first-order valence-corrected chi connectivity index (χ1v) is 9.42. The topological polar surface area (TPSA) is 115 Å². The molecule has 0 bridgehead atoms. The Morgan fingerprint density at radius 1 is 1.35 bits per heavy atom. The molecule has 0 aliphatic carbocycles. The van der Waals surface area contributed by atoms with Gasteiger partial charge in [-0.25, -0.2) is 4.68 Å². The second kappa shape index (κ2) is 8.83. The van der Waals surface area contributed by atoms with Crippen LogP contribution in [-0.2, 0) is 22.6 Å². The van der Waals surface area contributed by atoms with E-state index in [0.29, 0.717) is 6.42 Å². The van der Waals surface area contributed by atoms with Gasteiger partial charge in [-0.05, 0) is 59.4 Å². The summed E-state index contributed by atoms with van der Waals surface area (Å²) in [6.45, 7) is 4.67. The number of aryl methyl sites for hydroxylation is 2. The number of Topliss-reactive ketones (excluding diaryl/α,β-unsaturated/α-hetero) is 2. The minimum absolute atomic E-state index is 0.0412. The summed E-state index contributed by atoms with van der Waals surface area (Å²) in [5.74, 6) is -0.00950. The first-order chi connectivity index (χ1) is 12.3. The quantitative estimate of drug-likeness (QED) is 0.702. The average Bonchev–Trinajstić information content (AvgIpc) is 3.09. The van der Waals surface area contributed by atoms with Gasteiger partial charge >= 0.3 is 0 Å². The van der Waals surface area contributed by atoms with Crippen LogP contribution in [0.2, 0.25) is 0 Å². The molecule has 146 valence electrons. The number of hydrogen-bond acceptors (Lipinski definition) is 7. The highest BCUT2D eigenvalue weighted by atomic mass is 16.1. The van der Waals surface area contributed by atoms with Crippen molar-refractivity contribution in [2.45, 2.75) is 70.0 Å². The van der Waals surface area contributed by atoms with Crippen LogP contribution in [0.5, 0.6) is 0 Å². The van der Waals surface area contributed by atoms with Crippen LogP contribution < -0.4 is 16.4 Å². The standard InChI is InChI=1S/C18H32N6O2/c1-17(20-3)8-4-5-10-24-14(12-22-23-24)7-6-9-18(2,15(25)11-19)21-13-16(17)26/h12,20-21H,4-11,13,19H2,1-3H3/t17-,18-/m0/s1. The van der Waals surface area contributed by atoms with E-state index in [-0.39, 0.29) is 24.7 Å². The number of ketones is 2. The van der Waals surface area contributed by atoms with Gasteiger partial charge in [-0.1, -0.05) is 5.21 Å². The number of carbonyl (C=O) groups excluding carboxylic acids is 2. The fourth-order valence-corrected chi connectivity index (χ4v) is 3.45. The third-order valence-corrected chi connectivity index (χ3v) is 5.71. The fraction of sp³-hybridized carbons (Fsp3) is 0.778. The van der Waals surface area contributed by atoms with Gasteiger partial charge in [0.25, 0.3) is 0 Å². The molecular weight excluding hydrogens is 332 g/mol. The van der Waals surface area contributed by atoms with Crippen molar-refractivity contribution < 1.29 is 9.59 Å². The second-order valence-corrected chi connectivity index (χ2v) is 7.58. The maximum atomic E-state index is 12.8. The molecule has 0 amide bonds. The van der Waals surface area contributed by atoms with Crippen LogP contribution >= 0.6 is 0 Å². The van der Waals surface area contributed by atoms with Crippen LogP contribution in [0.25, 0.3) is 0 Å². The monoisotopic (exact) mass is 364 g/mol. The van der Waals surface area contributed by atoms with E-state index in [4.69, 9.17) is 5.73 Å². The van der Waals surface area contributed by atoms with E-state index in [1.807, 2.05) is 18.5 Å². The van der Waals surface area contributed by atoms with Crippen molar-refractivity contribution in [3.8, 4) is 0 Å². The van der Waals surface area contributed by atoms with Gasteiger partial charge < -0.3 is 11.1 Å². The summed E-state index contributed by atoms with van der Waals surface area (Å²) in [7, 11) is 1.81. The third kappa shape index (κ3) is 4.75. The van der Waals surface area contributed by atoms with E-state index < -0.39 is 11.1 Å². The average molecular weight is 364 g/mol. The van der Waals surface area contributed by atoms with E-state index >= 15 is 0 Å². The number of nitrogens with zero attached hydrogens (tertiary/aromatic N) is 3. The van der Waals surface area contributed by atoms with Gasteiger partial charge in [0.05, 0.1) is 36.1 Å². The Balaban J connectivity index is 2.23. The van der Waals surface area contributed by atoms with Crippen molar-refractivity contribution in [1.82, 2.24) is 25.6 Å². The molecule has 1 aliphatic rings. The fourth-order valence-electron chi connectivity index (χ4n) is 3.45. The number of aromatic nitrogens is 3. The van der Waals surface area contributed by atoms with Crippen LogP contribution in [0.3, 0.4) is 0 Å². The summed E-state index contributed by atoms with van der Waals surface area (Å²) in [6.07, 6.45) is 6.57. The number of rotatable bonds is 3. The minimum atomic E-state index is -0.804. The van der Waals surface area contributed by atoms with E-state index in [1.165, 1.54) is 0 Å². The van der Waals surface area contributed by atoms with Crippen LogP contribution in [0.1, 0.15) is 51.6 Å². The predicted octanol–water partition coefficient (Wildman–Crippen LogP) is 0.208. The van der Waals surface area contributed by atoms with Gasteiger partial charge in [-0.15, -0.1) is 5.10 Å². The molecule has 8 nitrogen and oxygen atoms in total. The number of fused-ring (bicyclic) bond motifs is 1. The number of nitrogens with two attached hydrogens (primary N) is 1. The van der Waals surface area contributed by atoms with Gasteiger partial charge in [0.1, 0.15) is 0 Å².